The molecule has 0 amide bonds. The van der Waals surface area contributed by atoms with E-state index in [1.54, 1.807) is 12.1 Å². The number of ketones is 1. The minimum Gasteiger partial charge on any atom is -0.398 e. The molecule has 0 saturated heterocycles. The zero-order valence-electron chi connectivity index (χ0n) is 11.3. The molecule has 2 N–H and O–H groups in total. The fourth-order valence-electron chi connectivity index (χ4n) is 1.89. The zero-order chi connectivity index (χ0) is 14.2. The van der Waals surface area contributed by atoms with E-state index in [1.807, 2.05) is 39.0 Å². The van der Waals surface area contributed by atoms with Gasteiger partial charge in [0, 0.05) is 16.8 Å². The number of nitrogen functional groups attached to an aromatic ring is 1. The van der Waals surface area contributed by atoms with E-state index in [9.17, 15) is 4.79 Å². The highest BCUT2D eigenvalue weighted by atomic mass is 35.5. The Morgan fingerprint density at radius 3 is 2.26 bits per heavy atom. The van der Waals surface area contributed by atoms with Crippen LogP contribution in [0, 0.1) is 20.8 Å². The van der Waals surface area contributed by atoms with Crippen molar-refractivity contribution in [2.24, 2.45) is 0 Å². The van der Waals surface area contributed by atoms with E-state index < -0.39 is 0 Å². The molecule has 0 bridgehead atoms. The van der Waals surface area contributed by atoms with Gasteiger partial charge in [-0.25, -0.2) is 0 Å². The standard InChI is InChI=1S/C16H16ClNO/c1-9-4-5-12(8-15(9)18)16(19)13-6-10(2)11(3)7-14(13)17/h4-8H,18H2,1-3H3. The van der Waals surface area contributed by atoms with Gasteiger partial charge in [-0.05, 0) is 55.7 Å². The lowest BCUT2D eigenvalue weighted by Gasteiger charge is -2.09. The summed E-state index contributed by atoms with van der Waals surface area (Å²) < 4.78 is 0. The Bertz CT molecular complexity index is 662. The van der Waals surface area contributed by atoms with Gasteiger partial charge < -0.3 is 5.73 Å². The van der Waals surface area contributed by atoms with E-state index in [0.29, 0.717) is 21.8 Å². The molecule has 0 saturated carbocycles. The molecule has 98 valence electrons. The minimum atomic E-state index is -0.0974. The molecule has 2 aromatic carbocycles. The Labute approximate surface area is 118 Å². The smallest absolute Gasteiger partial charge is 0.194 e. The van der Waals surface area contributed by atoms with Gasteiger partial charge in [-0.3, -0.25) is 4.79 Å². The molecule has 0 spiro atoms. The van der Waals surface area contributed by atoms with Crippen LogP contribution in [-0.4, -0.2) is 5.78 Å². The lowest BCUT2D eigenvalue weighted by atomic mass is 9.98. The number of carbonyl (C=O) groups is 1. The van der Waals surface area contributed by atoms with Crippen LogP contribution in [0.5, 0.6) is 0 Å². The quantitative estimate of drug-likeness (QED) is 0.662. The second kappa shape index (κ2) is 5.06. The number of hydrogen-bond acceptors (Lipinski definition) is 2. The average Bonchev–Trinajstić information content (AvgIpc) is 2.36. The number of hydrogen-bond donors (Lipinski definition) is 1. The first kappa shape index (κ1) is 13.6. The molecule has 0 heterocycles. The minimum absolute atomic E-state index is 0.0974. The molecule has 0 aliphatic heterocycles. The predicted molar refractivity (Wildman–Crippen MR) is 79.9 cm³/mol. The molecule has 0 unspecified atom stereocenters. The van der Waals surface area contributed by atoms with Crippen LogP contribution in [0.15, 0.2) is 30.3 Å². The third kappa shape index (κ3) is 2.64. The number of anilines is 1. The second-order valence-electron chi connectivity index (χ2n) is 4.82. The van der Waals surface area contributed by atoms with Gasteiger partial charge in [0.1, 0.15) is 0 Å². The highest BCUT2D eigenvalue weighted by Gasteiger charge is 2.14. The van der Waals surface area contributed by atoms with E-state index in [4.69, 9.17) is 17.3 Å². The zero-order valence-corrected chi connectivity index (χ0v) is 12.0. The third-order valence-corrected chi connectivity index (χ3v) is 3.68. The van der Waals surface area contributed by atoms with Crippen molar-refractivity contribution in [3.05, 3.63) is 63.2 Å². The topological polar surface area (TPSA) is 43.1 Å². The molecule has 3 heteroatoms. The molecule has 0 atom stereocenters. The Hall–Kier alpha value is -1.80. The molecule has 2 nitrogen and oxygen atoms in total. The number of nitrogens with two attached hydrogens (primary N) is 1. The summed E-state index contributed by atoms with van der Waals surface area (Å²) >= 11 is 6.17. The number of carbonyl (C=O) groups excluding carboxylic acids is 1. The van der Waals surface area contributed by atoms with Crippen molar-refractivity contribution in [3.63, 3.8) is 0 Å². The normalized spacial score (nSPS) is 10.5. The molecule has 0 aromatic heterocycles. The first-order valence-corrected chi connectivity index (χ1v) is 6.45. The van der Waals surface area contributed by atoms with Gasteiger partial charge in [-0.15, -0.1) is 0 Å². The van der Waals surface area contributed by atoms with Crippen molar-refractivity contribution in [1.82, 2.24) is 0 Å². The lowest BCUT2D eigenvalue weighted by molar-refractivity contribution is 0.103. The highest BCUT2D eigenvalue weighted by molar-refractivity contribution is 6.35. The predicted octanol–water partition coefficient (Wildman–Crippen LogP) is 4.08. The molecular weight excluding hydrogens is 258 g/mol. The summed E-state index contributed by atoms with van der Waals surface area (Å²) in [6, 6.07) is 8.97. The SMILES string of the molecule is Cc1cc(Cl)c(C(=O)c2ccc(C)c(N)c2)cc1C. The maximum atomic E-state index is 12.5. The van der Waals surface area contributed by atoms with E-state index in [-0.39, 0.29) is 5.78 Å². The van der Waals surface area contributed by atoms with Crippen LogP contribution in [0.2, 0.25) is 5.02 Å². The van der Waals surface area contributed by atoms with E-state index in [2.05, 4.69) is 0 Å². The number of benzene rings is 2. The van der Waals surface area contributed by atoms with Crippen LogP contribution in [0.3, 0.4) is 0 Å². The fourth-order valence-corrected chi connectivity index (χ4v) is 2.20. The lowest BCUT2D eigenvalue weighted by Crippen LogP contribution is -2.05. The largest absolute Gasteiger partial charge is 0.398 e. The average molecular weight is 274 g/mol. The molecule has 0 aliphatic rings. The Kier molecular flexibility index (Phi) is 3.63. The van der Waals surface area contributed by atoms with Gasteiger partial charge >= 0.3 is 0 Å². The second-order valence-corrected chi connectivity index (χ2v) is 5.22. The van der Waals surface area contributed by atoms with Crippen molar-refractivity contribution in [2.45, 2.75) is 20.8 Å². The van der Waals surface area contributed by atoms with Crippen LogP contribution < -0.4 is 5.73 Å². The van der Waals surface area contributed by atoms with Crippen molar-refractivity contribution >= 4 is 23.1 Å². The first-order valence-electron chi connectivity index (χ1n) is 6.07. The maximum Gasteiger partial charge on any atom is 0.194 e. The number of halogens is 1. The van der Waals surface area contributed by atoms with Gasteiger partial charge in [0.05, 0.1) is 5.02 Å². The number of aryl methyl sites for hydroxylation is 3. The summed E-state index contributed by atoms with van der Waals surface area (Å²) in [4.78, 5) is 12.5. The molecule has 19 heavy (non-hydrogen) atoms. The molecule has 0 radical (unpaired) electrons. The summed E-state index contributed by atoms with van der Waals surface area (Å²) in [6.07, 6.45) is 0. The van der Waals surface area contributed by atoms with Gasteiger partial charge in [-0.2, -0.15) is 0 Å². The van der Waals surface area contributed by atoms with E-state index in [0.717, 1.165) is 16.7 Å². The van der Waals surface area contributed by atoms with E-state index in [1.165, 1.54) is 0 Å². The van der Waals surface area contributed by atoms with Crippen molar-refractivity contribution in [3.8, 4) is 0 Å². The molecule has 0 aliphatic carbocycles. The first-order chi connectivity index (χ1) is 8.90. The Morgan fingerprint density at radius 1 is 1.00 bits per heavy atom. The molecule has 0 fully saturated rings. The third-order valence-electron chi connectivity index (χ3n) is 3.37. The van der Waals surface area contributed by atoms with Crippen LogP contribution in [0.25, 0.3) is 0 Å². The van der Waals surface area contributed by atoms with Crippen LogP contribution in [0.4, 0.5) is 5.69 Å². The molecule has 2 aromatic rings. The van der Waals surface area contributed by atoms with Gasteiger partial charge in [0.15, 0.2) is 5.78 Å². The van der Waals surface area contributed by atoms with Crippen molar-refractivity contribution in [2.75, 3.05) is 5.73 Å². The summed E-state index contributed by atoms with van der Waals surface area (Å²) in [5.74, 6) is -0.0974. The van der Waals surface area contributed by atoms with Crippen molar-refractivity contribution < 1.29 is 4.79 Å². The summed E-state index contributed by atoms with van der Waals surface area (Å²) in [5.41, 5.74) is 10.6. The monoisotopic (exact) mass is 273 g/mol. The van der Waals surface area contributed by atoms with Gasteiger partial charge in [0.25, 0.3) is 0 Å². The maximum absolute atomic E-state index is 12.5. The molecule has 2 rings (SSSR count). The summed E-state index contributed by atoms with van der Waals surface area (Å²) in [5, 5.41) is 0.479. The summed E-state index contributed by atoms with van der Waals surface area (Å²) in [6.45, 7) is 5.85. The van der Waals surface area contributed by atoms with Crippen LogP contribution in [0.1, 0.15) is 32.6 Å². The molecular formula is C16H16ClNO. The van der Waals surface area contributed by atoms with E-state index >= 15 is 0 Å². The van der Waals surface area contributed by atoms with Gasteiger partial charge in [-0.1, -0.05) is 23.7 Å². The van der Waals surface area contributed by atoms with Gasteiger partial charge in [0.2, 0.25) is 0 Å². The highest BCUT2D eigenvalue weighted by Crippen LogP contribution is 2.24. The Morgan fingerprint density at radius 2 is 1.63 bits per heavy atom. The van der Waals surface area contributed by atoms with Crippen LogP contribution >= 0.6 is 11.6 Å². The Balaban J connectivity index is 2.49. The number of rotatable bonds is 2. The summed E-state index contributed by atoms with van der Waals surface area (Å²) in [7, 11) is 0. The van der Waals surface area contributed by atoms with Crippen LogP contribution in [-0.2, 0) is 0 Å². The fraction of sp³-hybridized carbons (Fsp3) is 0.188. The van der Waals surface area contributed by atoms with Crippen molar-refractivity contribution in [1.29, 1.82) is 0 Å².